The van der Waals surface area contributed by atoms with Gasteiger partial charge in [-0.1, -0.05) is 18.2 Å². The number of ether oxygens (including phenoxy) is 1. The quantitative estimate of drug-likeness (QED) is 0.815. The zero-order valence-corrected chi connectivity index (χ0v) is 12.1. The summed E-state index contributed by atoms with van der Waals surface area (Å²) in [6, 6.07) is 8.44. The number of nitrogens with zero attached hydrogens (tertiary/aromatic N) is 1. The van der Waals surface area contributed by atoms with Crippen molar-refractivity contribution in [2.45, 2.75) is 32.6 Å². The molecule has 1 N–H and O–H groups in total. The van der Waals surface area contributed by atoms with E-state index in [-0.39, 0.29) is 0 Å². The van der Waals surface area contributed by atoms with Crippen LogP contribution in [0, 0.1) is 0 Å². The maximum atomic E-state index is 5.40. The summed E-state index contributed by atoms with van der Waals surface area (Å²) >= 11 is 0. The fourth-order valence-corrected chi connectivity index (χ4v) is 2.94. The highest BCUT2D eigenvalue weighted by Gasteiger charge is 2.18. The van der Waals surface area contributed by atoms with Crippen LogP contribution < -0.4 is 5.32 Å². The molecule has 0 fully saturated rings. The molecule has 0 amide bonds. The summed E-state index contributed by atoms with van der Waals surface area (Å²) in [6.07, 6.45) is 4.54. The molecule has 3 heteroatoms. The Bertz CT molecular complexity index is 595. The van der Waals surface area contributed by atoms with Gasteiger partial charge in [-0.05, 0) is 44.2 Å². The Morgan fingerprint density at radius 3 is 3.05 bits per heavy atom. The molecule has 0 saturated carbocycles. The van der Waals surface area contributed by atoms with Gasteiger partial charge in [0.25, 0.3) is 0 Å². The van der Waals surface area contributed by atoms with Crippen molar-refractivity contribution in [1.29, 1.82) is 0 Å². The van der Waals surface area contributed by atoms with E-state index in [1.54, 1.807) is 0 Å². The number of benzene rings is 1. The fourth-order valence-electron chi connectivity index (χ4n) is 2.94. The standard InChI is InChI=1S/C17H22N2O/c1-2-20-12-6-11-18-17-13-7-3-4-9-15(13)19-16-10-5-8-14(16)17/h3-4,7,9H,2,5-6,8,10-12H2,1H3,(H,18,19). The summed E-state index contributed by atoms with van der Waals surface area (Å²) in [4.78, 5) is 4.81. The van der Waals surface area contributed by atoms with Crippen molar-refractivity contribution in [2.24, 2.45) is 0 Å². The molecule has 0 bridgehead atoms. The highest BCUT2D eigenvalue weighted by molar-refractivity contribution is 5.93. The SMILES string of the molecule is CCOCCCNc1c2c(nc3ccccc13)CCC2. The van der Waals surface area contributed by atoms with Gasteiger partial charge in [0.05, 0.1) is 5.52 Å². The maximum Gasteiger partial charge on any atom is 0.0726 e. The second-order valence-corrected chi connectivity index (χ2v) is 5.26. The third-order valence-electron chi connectivity index (χ3n) is 3.89. The van der Waals surface area contributed by atoms with Crippen molar-refractivity contribution in [1.82, 2.24) is 4.98 Å². The Morgan fingerprint density at radius 2 is 2.15 bits per heavy atom. The van der Waals surface area contributed by atoms with Crippen LogP contribution in [0.2, 0.25) is 0 Å². The number of pyridine rings is 1. The van der Waals surface area contributed by atoms with E-state index in [2.05, 4.69) is 29.6 Å². The van der Waals surface area contributed by atoms with Gasteiger partial charge in [-0.25, -0.2) is 0 Å². The summed E-state index contributed by atoms with van der Waals surface area (Å²) in [5, 5.41) is 4.88. The molecule has 0 aliphatic heterocycles. The molecule has 0 spiro atoms. The van der Waals surface area contributed by atoms with Gasteiger partial charge in [-0.2, -0.15) is 0 Å². The Morgan fingerprint density at radius 1 is 1.25 bits per heavy atom. The smallest absolute Gasteiger partial charge is 0.0726 e. The lowest BCUT2D eigenvalue weighted by Crippen LogP contribution is -2.08. The van der Waals surface area contributed by atoms with E-state index in [0.717, 1.165) is 44.5 Å². The van der Waals surface area contributed by atoms with Gasteiger partial charge >= 0.3 is 0 Å². The first-order valence-electron chi connectivity index (χ1n) is 7.62. The van der Waals surface area contributed by atoms with Crippen LogP contribution in [0.15, 0.2) is 24.3 Å². The molecule has 1 aromatic heterocycles. The van der Waals surface area contributed by atoms with Gasteiger partial charge in [0.15, 0.2) is 0 Å². The molecule has 1 aliphatic carbocycles. The molecular weight excluding hydrogens is 248 g/mol. The van der Waals surface area contributed by atoms with E-state index in [0.29, 0.717) is 0 Å². The summed E-state index contributed by atoms with van der Waals surface area (Å²) in [5.41, 5.74) is 5.14. The zero-order valence-electron chi connectivity index (χ0n) is 12.1. The highest BCUT2D eigenvalue weighted by Crippen LogP contribution is 2.33. The van der Waals surface area contributed by atoms with E-state index in [1.165, 1.54) is 28.8 Å². The Balaban J connectivity index is 1.84. The summed E-state index contributed by atoms with van der Waals surface area (Å²) in [5.74, 6) is 0. The molecule has 3 rings (SSSR count). The molecule has 0 saturated heterocycles. The minimum atomic E-state index is 0.799. The summed E-state index contributed by atoms with van der Waals surface area (Å²) in [6.45, 7) is 4.62. The number of anilines is 1. The minimum absolute atomic E-state index is 0.799. The van der Waals surface area contributed by atoms with Crippen LogP contribution in [0.4, 0.5) is 5.69 Å². The molecule has 20 heavy (non-hydrogen) atoms. The van der Waals surface area contributed by atoms with Crippen molar-refractivity contribution in [3.05, 3.63) is 35.5 Å². The van der Waals surface area contributed by atoms with E-state index in [4.69, 9.17) is 9.72 Å². The molecule has 1 heterocycles. The van der Waals surface area contributed by atoms with Gasteiger partial charge in [-0.15, -0.1) is 0 Å². The first-order chi connectivity index (χ1) is 9.90. The molecule has 0 radical (unpaired) electrons. The van der Waals surface area contributed by atoms with Crippen LogP contribution in [-0.2, 0) is 17.6 Å². The third kappa shape index (κ3) is 2.63. The van der Waals surface area contributed by atoms with Crippen molar-refractivity contribution in [3.63, 3.8) is 0 Å². The van der Waals surface area contributed by atoms with Crippen LogP contribution in [-0.4, -0.2) is 24.7 Å². The topological polar surface area (TPSA) is 34.1 Å². The number of hydrogen-bond donors (Lipinski definition) is 1. The first kappa shape index (κ1) is 13.4. The molecule has 3 nitrogen and oxygen atoms in total. The number of para-hydroxylation sites is 1. The van der Waals surface area contributed by atoms with Crippen LogP contribution in [0.1, 0.15) is 31.0 Å². The van der Waals surface area contributed by atoms with E-state index < -0.39 is 0 Å². The number of hydrogen-bond acceptors (Lipinski definition) is 3. The van der Waals surface area contributed by atoms with E-state index in [9.17, 15) is 0 Å². The second kappa shape index (κ2) is 6.23. The highest BCUT2D eigenvalue weighted by atomic mass is 16.5. The van der Waals surface area contributed by atoms with Gasteiger partial charge in [-0.3, -0.25) is 4.98 Å². The van der Waals surface area contributed by atoms with Crippen molar-refractivity contribution >= 4 is 16.6 Å². The van der Waals surface area contributed by atoms with Crippen LogP contribution >= 0.6 is 0 Å². The number of fused-ring (bicyclic) bond motifs is 2. The first-order valence-corrected chi connectivity index (χ1v) is 7.62. The average molecular weight is 270 g/mol. The molecule has 1 aromatic carbocycles. The van der Waals surface area contributed by atoms with Crippen LogP contribution in [0.25, 0.3) is 10.9 Å². The predicted octanol–water partition coefficient (Wildman–Crippen LogP) is 3.56. The largest absolute Gasteiger partial charge is 0.384 e. The number of aromatic nitrogens is 1. The predicted molar refractivity (Wildman–Crippen MR) is 83.4 cm³/mol. The maximum absolute atomic E-state index is 5.40. The Labute approximate surface area is 120 Å². The Hall–Kier alpha value is -1.61. The van der Waals surface area contributed by atoms with Crippen molar-refractivity contribution < 1.29 is 4.74 Å². The van der Waals surface area contributed by atoms with Gasteiger partial charge in [0, 0.05) is 36.5 Å². The lowest BCUT2D eigenvalue weighted by atomic mass is 10.1. The normalized spacial score (nSPS) is 13.7. The zero-order chi connectivity index (χ0) is 13.8. The van der Waals surface area contributed by atoms with Gasteiger partial charge < -0.3 is 10.1 Å². The van der Waals surface area contributed by atoms with Crippen LogP contribution in [0.3, 0.4) is 0 Å². The fraction of sp³-hybridized carbons (Fsp3) is 0.471. The molecule has 106 valence electrons. The molecule has 2 aromatic rings. The number of rotatable bonds is 6. The van der Waals surface area contributed by atoms with Gasteiger partial charge in [0.1, 0.15) is 0 Å². The molecule has 0 atom stereocenters. The summed E-state index contributed by atoms with van der Waals surface area (Å²) in [7, 11) is 0. The van der Waals surface area contributed by atoms with Crippen LogP contribution in [0.5, 0.6) is 0 Å². The number of aryl methyl sites for hydroxylation is 1. The lowest BCUT2D eigenvalue weighted by Gasteiger charge is -2.14. The van der Waals surface area contributed by atoms with Gasteiger partial charge in [0.2, 0.25) is 0 Å². The van der Waals surface area contributed by atoms with Crippen molar-refractivity contribution in [3.8, 4) is 0 Å². The van der Waals surface area contributed by atoms with Crippen molar-refractivity contribution in [2.75, 3.05) is 25.1 Å². The Kier molecular flexibility index (Phi) is 4.16. The average Bonchev–Trinajstić information content (AvgIpc) is 2.94. The van der Waals surface area contributed by atoms with E-state index >= 15 is 0 Å². The lowest BCUT2D eigenvalue weighted by molar-refractivity contribution is 0.147. The molecule has 1 aliphatic rings. The third-order valence-corrected chi connectivity index (χ3v) is 3.89. The monoisotopic (exact) mass is 270 g/mol. The molecule has 0 unspecified atom stereocenters. The molecular formula is C17H22N2O. The number of nitrogens with one attached hydrogen (secondary N) is 1. The summed E-state index contributed by atoms with van der Waals surface area (Å²) < 4.78 is 5.40. The minimum Gasteiger partial charge on any atom is -0.384 e. The second-order valence-electron chi connectivity index (χ2n) is 5.26. The van der Waals surface area contributed by atoms with E-state index in [1.807, 2.05) is 6.92 Å².